The average Bonchev–Trinajstić information content (AvgIpc) is 2.03. The first-order valence-electron chi connectivity index (χ1n) is 3.98. The van der Waals surface area contributed by atoms with Crippen LogP contribution in [-0.2, 0) is 4.79 Å². The van der Waals surface area contributed by atoms with Gasteiger partial charge in [-0.05, 0) is 0 Å². The second-order valence-corrected chi connectivity index (χ2v) is 2.49. The molecule has 0 spiro atoms. The van der Waals surface area contributed by atoms with Crippen LogP contribution in [0, 0.1) is 0 Å². The zero-order valence-electron chi connectivity index (χ0n) is 7.25. The number of carbonyl (C=O) groups excluding carboxylic acids is 1. The SMILES string of the molecule is NCCC(=O)N(CCO)CC(F)F. The molecule has 0 atom stereocenters. The highest BCUT2D eigenvalue weighted by atomic mass is 19.3. The van der Waals surface area contributed by atoms with E-state index in [-0.39, 0.29) is 26.1 Å². The summed E-state index contributed by atoms with van der Waals surface area (Å²) >= 11 is 0. The van der Waals surface area contributed by atoms with Crippen LogP contribution in [0.25, 0.3) is 0 Å². The van der Waals surface area contributed by atoms with E-state index in [9.17, 15) is 13.6 Å². The molecule has 0 saturated carbocycles. The van der Waals surface area contributed by atoms with Crippen LogP contribution in [0.15, 0.2) is 0 Å². The molecule has 0 unspecified atom stereocenters. The molecule has 1 amide bonds. The summed E-state index contributed by atoms with van der Waals surface area (Å²) in [6, 6.07) is 0. The van der Waals surface area contributed by atoms with Gasteiger partial charge in [-0.15, -0.1) is 0 Å². The third-order valence-electron chi connectivity index (χ3n) is 1.44. The van der Waals surface area contributed by atoms with Gasteiger partial charge in [-0.3, -0.25) is 4.79 Å². The molecule has 4 nitrogen and oxygen atoms in total. The fourth-order valence-electron chi connectivity index (χ4n) is 0.887. The van der Waals surface area contributed by atoms with Gasteiger partial charge < -0.3 is 15.7 Å². The Hall–Kier alpha value is -0.750. The molecule has 13 heavy (non-hydrogen) atoms. The van der Waals surface area contributed by atoms with Crippen molar-refractivity contribution >= 4 is 5.91 Å². The van der Waals surface area contributed by atoms with E-state index < -0.39 is 18.9 Å². The quantitative estimate of drug-likeness (QED) is 0.597. The van der Waals surface area contributed by atoms with Crippen LogP contribution in [-0.4, -0.2) is 48.6 Å². The van der Waals surface area contributed by atoms with E-state index in [4.69, 9.17) is 10.8 Å². The third-order valence-corrected chi connectivity index (χ3v) is 1.44. The largest absolute Gasteiger partial charge is 0.395 e. The van der Waals surface area contributed by atoms with Crippen LogP contribution in [0.5, 0.6) is 0 Å². The lowest BCUT2D eigenvalue weighted by Gasteiger charge is -2.20. The summed E-state index contributed by atoms with van der Waals surface area (Å²) in [5.74, 6) is -0.447. The van der Waals surface area contributed by atoms with Crippen LogP contribution in [0.2, 0.25) is 0 Å². The number of amides is 1. The second kappa shape index (κ2) is 6.73. The smallest absolute Gasteiger partial charge is 0.255 e. The van der Waals surface area contributed by atoms with Gasteiger partial charge in [0.25, 0.3) is 6.43 Å². The van der Waals surface area contributed by atoms with Gasteiger partial charge in [0.15, 0.2) is 0 Å². The maximum atomic E-state index is 11.9. The minimum Gasteiger partial charge on any atom is -0.395 e. The summed E-state index contributed by atoms with van der Waals surface area (Å²) in [5, 5.41) is 8.50. The number of alkyl halides is 2. The van der Waals surface area contributed by atoms with Crippen molar-refractivity contribution in [2.75, 3.05) is 26.2 Å². The lowest BCUT2D eigenvalue weighted by atomic mass is 10.3. The summed E-state index contributed by atoms with van der Waals surface area (Å²) < 4.78 is 23.8. The number of nitrogens with zero attached hydrogens (tertiary/aromatic N) is 1. The van der Waals surface area contributed by atoms with Gasteiger partial charge in [-0.25, -0.2) is 8.78 Å². The Morgan fingerprint density at radius 2 is 2.15 bits per heavy atom. The van der Waals surface area contributed by atoms with Crippen molar-refractivity contribution in [3.8, 4) is 0 Å². The summed E-state index contributed by atoms with van der Waals surface area (Å²) in [5.41, 5.74) is 5.10. The van der Waals surface area contributed by atoms with Gasteiger partial charge >= 0.3 is 0 Å². The number of rotatable bonds is 6. The number of hydrogen-bond acceptors (Lipinski definition) is 3. The summed E-state index contributed by atoms with van der Waals surface area (Å²) in [7, 11) is 0. The molecule has 0 aromatic heterocycles. The monoisotopic (exact) mass is 196 g/mol. The number of carbonyl (C=O) groups is 1. The van der Waals surface area contributed by atoms with Crippen LogP contribution in [0.1, 0.15) is 6.42 Å². The van der Waals surface area contributed by atoms with Crippen LogP contribution in [0.4, 0.5) is 8.78 Å². The Bertz CT molecular complexity index is 155. The van der Waals surface area contributed by atoms with E-state index in [0.29, 0.717) is 0 Å². The fourth-order valence-corrected chi connectivity index (χ4v) is 0.887. The molecule has 0 fully saturated rings. The Morgan fingerprint density at radius 1 is 1.54 bits per heavy atom. The maximum Gasteiger partial charge on any atom is 0.255 e. The lowest BCUT2D eigenvalue weighted by Crippen LogP contribution is -2.38. The first kappa shape index (κ1) is 12.2. The standard InChI is InChI=1S/C7H14F2N2O2/c8-6(9)5-11(3-4-12)7(13)1-2-10/h6,12H,1-5,10H2. The summed E-state index contributed by atoms with van der Waals surface area (Å²) in [4.78, 5) is 12.0. The minimum absolute atomic E-state index is 0.0344. The molecule has 0 aromatic carbocycles. The number of aliphatic hydroxyl groups is 1. The zero-order valence-corrected chi connectivity index (χ0v) is 7.25. The number of halogens is 2. The van der Waals surface area contributed by atoms with Crippen LogP contribution < -0.4 is 5.73 Å². The first-order valence-corrected chi connectivity index (χ1v) is 3.98. The van der Waals surface area contributed by atoms with Crippen molar-refractivity contribution in [3.63, 3.8) is 0 Å². The number of hydrogen-bond donors (Lipinski definition) is 2. The van der Waals surface area contributed by atoms with Gasteiger partial charge in [0, 0.05) is 19.5 Å². The molecule has 0 aliphatic heterocycles. The molecular weight excluding hydrogens is 182 g/mol. The molecule has 0 aromatic rings. The minimum atomic E-state index is -2.58. The van der Waals surface area contributed by atoms with Crippen molar-refractivity contribution in [2.24, 2.45) is 5.73 Å². The van der Waals surface area contributed by atoms with Crippen molar-refractivity contribution in [1.29, 1.82) is 0 Å². The van der Waals surface area contributed by atoms with E-state index in [2.05, 4.69) is 0 Å². The molecule has 78 valence electrons. The number of aliphatic hydroxyl groups excluding tert-OH is 1. The van der Waals surface area contributed by atoms with E-state index in [1.165, 1.54) is 0 Å². The molecule has 0 aliphatic carbocycles. The highest BCUT2D eigenvalue weighted by Crippen LogP contribution is 2.00. The Kier molecular flexibility index (Phi) is 6.34. The van der Waals surface area contributed by atoms with E-state index in [1.54, 1.807) is 0 Å². The molecule has 0 heterocycles. The molecule has 0 aliphatic rings. The van der Waals surface area contributed by atoms with Gasteiger partial charge in [-0.1, -0.05) is 0 Å². The van der Waals surface area contributed by atoms with Gasteiger partial charge in [0.2, 0.25) is 5.91 Å². The van der Waals surface area contributed by atoms with Gasteiger partial charge in [0.05, 0.1) is 13.2 Å². The van der Waals surface area contributed by atoms with E-state index in [1.807, 2.05) is 0 Å². The van der Waals surface area contributed by atoms with Crippen molar-refractivity contribution < 1.29 is 18.7 Å². The number of nitrogens with two attached hydrogens (primary N) is 1. The summed E-state index contributed by atoms with van der Waals surface area (Å²) in [6.07, 6.45) is -2.54. The predicted octanol–water partition coefficient (Wildman–Crippen LogP) is -0.579. The normalized spacial score (nSPS) is 10.5. The second-order valence-electron chi connectivity index (χ2n) is 2.49. The van der Waals surface area contributed by atoms with Crippen molar-refractivity contribution in [3.05, 3.63) is 0 Å². The Morgan fingerprint density at radius 3 is 2.54 bits per heavy atom. The average molecular weight is 196 g/mol. The predicted molar refractivity (Wildman–Crippen MR) is 43.3 cm³/mol. The summed E-state index contributed by atoms with van der Waals surface area (Å²) in [6.45, 7) is -0.893. The van der Waals surface area contributed by atoms with Crippen molar-refractivity contribution in [2.45, 2.75) is 12.8 Å². The maximum absolute atomic E-state index is 11.9. The first-order chi connectivity index (χ1) is 6.11. The topological polar surface area (TPSA) is 66.6 Å². The van der Waals surface area contributed by atoms with Crippen LogP contribution in [0.3, 0.4) is 0 Å². The molecule has 0 rings (SSSR count). The molecule has 3 N–H and O–H groups in total. The Balaban J connectivity index is 3.98. The lowest BCUT2D eigenvalue weighted by molar-refractivity contribution is -0.133. The Labute approximate surface area is 75.3 Å². The van der Waals surface area contributed by atoms with E-state index in [0.717, 1.165) is 4.90 Å². The zero-order chi connectivity index (χ0) is 10.3. The molecule has 0 saturated heterocycles. The van der Waals surface area contributed by atoms with E-state index >= 15 is 0 Å². The molecular formula is C7H14F2N2O2. The van der Waals surface area contributed by atoms with Gasteiger partial charge in [-0.2, -0.15) is 0 Å². The third kappa shape index (κ3) is 5.48. The van der Waals surface area contributed by atoms with Crippen LogP contribution >= 0.6 is 0 Å². The van der Waals surface area contributed by atoms with Gasteiger partial charge in [0.1, 0.15) is 0 Å². The molecule has 0 radical (unpaired) electrons. The highest BCUT2D eigenvalue weighted by molar-refractivity contribution is 5.76. The van der Waals surface area contributed by atoms with Crippen molar-refractivity contribution in [1.82, 2.24) is 4.90 Å². The molecule has 0 bridgehead atoms. The highest BCUT2D eigenvalue weighted by Gasteiger charge is 2.16. The fraction of sp³-hybridized carbons (Fsp3) is 0.857. The molecule has 6 heteroatoms.